The molecule has 0 aromatic heterocycles. The lowest BCUT2D eigenvalue weighted by atomic mass is 9.99. The number of hydrogen-bond acceptors (Lipinski definition) is 2. The van der Waals surface area contributed by atoms with Gasteiger partial charge in [-0.05, 0) is 24.1 Å². The van der Waals surface area contributed by atoms with Crippen molar-refractivity contribution in [1.29, 1.82) is 0 Å². The number of carboxylic acids is 1. The van der Waals surface area contributed by atoms with E-state index in [4.69, 9.17) is 16.7 Å². The van der Waals surface area contributed by atoms with Crippen LogP contribution in [0.2, 0.25) is 5.02 Å². The number of anilines is 1. The quantitative estimate of drug-likeness (QED) is 0.782. The predicted octanol–water partition coefficient (Wildman–Crippen LogP) is 3.10. The van der Waals surface area contributed by atoms with Gasteiger partial charge in [-0.15, -0.1) is 0 Å². The molecule has 0 aliphatic carbocycles. The van der Waals surface area contributed by atoms with Gasteiger partial charge in [0.25, 0.3) is 0 Å². The van der Waals surface area contributed by atoms with Gasteiger partial charge in [-0.2, -0.15) is 0 Å². The van der Waals surface area contributed by atoms with E-state index in [9.17, 15) is 14.0 Å². The minimum atomic E-state index is -1.13. The molecule has 0 radical (unpaired) electrons. The summed E-state index contributed by atoms with van der Waals surface area (Å²) in [4.78, 5) is 22.8. The highest BCUT2D eigenvalue weighted by atomic mass is 35.5. The standard InChI is InChI=1S/C13H16ClFN2O3/c1-3-7(2)11(12(18)19)17-13(20)16-10-5-4-8(14)6-9(10)15/h4-7,11H,3H2,1-2H3,(H,18,19)(H2,16,17,20)/t7-,11-/m0/s1. The van der Waals surface area contributed by atoms with Crippen molar-refractivity contribution < 1.29 is 19.1 Å². The minimum absolute atomic E-state index is 0.0693. The zero-order valence-corrected chi connectivity index (χ0v) is 11.9. The Kier molecular flexibility index (Phi) is 5.76. The molecule has 1 rings (SSSR count). The van der Waals surface area contributed by atoms with Crippen LogP contribution >= 0.6 is 11.6 Å². The van der Waals surface area contributed by atoms with Crippen LogP contribution in [0.25, 0.3) is 0 Å². The topological polar surface area (TPSA) is 78.4 Å². The third-order valence-electron chi connectivity index (χ3n) is 2.94. The summed E-state index contributed by atoms with van der Waals surface area (Å²) in [6, 6.07) is 1.97. The molecule has 2 atom stereocenters. The van der Waals surface area contributed by atoms with Gasteiger partial charge in [0, 0.05) is 5.02 Å². The number of aliphatic carboxylic acids is 1. The maximum Gasteiger partial charge on any atom is 0.326 e. The second-order valence-electron chi connectivity index (χ2n) is 4.42. The van der Waals surface area contributed by atoms with E-state index in [0.29, 0.717) is 6.42 Å². The lowest BCUT2D eigenvalue weighted by molar-refractivity contribution is -0.140. The van der Waals surface area contributed by atoms with E-state index in [-0.39, 0.29) is 16.6 Å². The molecule has 0 fully saturated rings. The van der Waals surface area contributed by atoms with Crippen molar-refractivity contribution in [3.05, 3.63) is 29.0 Å². The van der Waals surface area contributed by atoms with Crippen molar-refractivity contribution in [2.45, 2.75) is 26.3 Å². The zero-order chi connectivity index (χ0) is 15.3. The van der Waals surface area contributed by atoms with E-state index in [0.717, 1.165) is 6.07 Å². The van der Waals surface area contributed by atoms with Gasteiger partial charge in [-0.25, -0.2) is 14.0 Å². The molecule has 1 aromatic carbocycles. The van der Waals surface area contributed by atoms with Crippen LogP contribution in [0.5, 0.6) is 0 Å². The maximum atomic E-state index is 13.5. The number of benzene rings is 1. The highest BCUT2D eigenvalue weighted by Crippen LogP contribution is 2.18. The molecule has 0 unspecified atom stereocenters. The average molecular weight is 303 g/mol. The summed E-state index contributed by atoms with van der Waals surface area (Å²) in [5, 5.41) is 13.8. The van der Waals surface area contributed by atoms with E-state index in [1.165, 1.54) is 12.1 Å². The van der Waals surface area contributed by atoms with Crippen molar-refractivity contribution in [2.75, 3.05) is 5.32 Å². The molecule has 0 spiro atoms. The number of hydrogen-bond donors (Lipinski definition) is 3. The molecular formula is C13H16ClFN2O3. The van der Waals surface area contributed by atoms with E-state index in [1.807, 2.05) is 6.92 Å². The van der Waals surface area contributed by atoms with Gasteiger partial charge in [-0.3, -0.25) is 0 Å². The fourth-order valence-electron chi connectivity index (χ4n) is 1.57. The first-order valence-corrected chi connectivity index (χ1v) is 6.48. The smallest absolute Gasteiger partial charge is 0.326 e. The number of carbonyl (C=O) groups excluding carboxylic acids is 1. The van der Waals surface area contributed by atoms with Crippen molar-refractivity contribution in [2.24, 2.45) is 5.92 Å². The van der Waals surface area contributed by atoms with Crippen LogP contribution in [0.15, 0.2) is 18.2 Å². The maximum absolute atomic E-state index is 13.5. The van der Waals surface area contributed by atoms with Gasteiger partial charge >= 0.3 is 12.0 Å². The van der Waals surface area contributed by atoms with Crippen LogP contribution in [0.4, 0.5) is 14.9 Å². The number of carbonyl (C=O) groups is 2. The number of urea groups is 1. The lowest BCUT2D eigenvalue weighted by Crippen LogP contribution is -2.46. The van der Waals surface area contributed by atoms with E-state index >= 15 is 0 Å². The Balaban J connectivity index is 2.73. The second-order valence-corrected chi connectivity index (χ2v) is 4.86. The first-order valence-electron chi connectivity index (χ1n) is 6.10. The molecule has 110 valence electrons. The van der Waals surface area contributed by atoms with Gasteiger partial charge < -0.3 is 15.7 Å². The fraction of sp³-hybridized carbons (Fsp3) is 0.385. The number of amides is 2. The zero-order valence-electron chi connectivity index (χ0n) is 11.1. The Hall–Kier alpha value is -1.82. The van der Waals surface area contributed by atoms with E-state index < -0.39 is 23.9 Å². The Morgan fingerprint density at radius 3 is 2.60 bits per heavy atom. The number of nitrogens with one attached hydrogen (secondary N) is 2. The van der Waals surface area contributed by atoms with Gasteiger partial charge in [-0.1, -0.05) is 31.9 Å². The molecule has 0 aliphatic rings. The van der Waals surface area contributed by atoms with Crippen LogP contribution in [-0.4, -0.2) is 23.1 Å². The van der Waals surface area contributed by atoms with Gasteiger partial charge in [0.05, 0.1) is 5.69 Å². The van der Waals surface area contributed by atoms with E-state index in [1.54, 1.807) is 6.92 Å². The number of halogens is 2. The van der Waals surface area contributed by atoms with Crippen LogP contribution in [0.3, 0.4) is 0 Å². The second kappa shape index (κ2) is 7.09. The molecule has 5 nitrogen and oxygen atoms in total. The largest absolute Gasteiger partial charge is 0.480 e. The highest BCUT2D eigenvalue weighted by Gasteiger charge is 2.25. The first kappa shape index (κ1) is 16.2. The minimum Gasteiger partial charge on any atom is -0.480 e. The molecule has 20 heavy (non-hydrogen) atoms. The number of rotatable bonds is 5. The summed E-state index contributed by atoms with van der Waals surface area (Å²) in [5.41, 5.74) is -0.0693. The van der Waals surface area contributed by atoms with Gasteiger partial charge in [0.2, 0.25) is 0 Å². The van der Waals surface area contributed by atoms with Crippen LogP contribution < -0.4 is 10.6 Å². The van der Waals surface area contributed by atoms with Crippen LogP contribution in [0.1, 0.15) is 20.3 Å². The average Bonchev–Trinajstić information content (AvgIpc) is 2.38. The molecule has 2 amide bonds. The molecule has 1 aromatic rings. The first-order chi connectivity index (χ1) is 9.35. The third-order valence-corrected chi connectivity index (χ3v) is 3.18. The summed E-state index contributed by atoms with van der Waals surface area (Å²) in [6.45, 7) is 3.53. The van der Waals surface area contributed by atoms with E-state index in [2.05, 4.69) is 10.6 Å². The molecule has 0 saturated heterocycles. The highest BCUT2D eigenvalue weighted by molar-refractivity contribution is 6.30. The molecule has 0 saturated carbocycles. The molecule has 7 heteroatoms. The summed E-state index contributed by atoms with van der Waals surface area (Å²) in [6.07, 6.45) is 0.590. The molecule has 0 aliphatic heterocycles. The van der Waals surface area contributed by atoms with Crippen LogP contribution in [0, 0.1) is 11.7 Å². The molecule has 3 N–H and O–H groups in total. The normalized spacial score (nSPS) is 13.4. The Bertz CT molecular complexity index is 510. The van der Waals surface area contributed by atoms with Crippen molar-refractivity contribution in [1.82, 2.24) is 5.32 Å². The van der Waals surface area contributed by atoms with Crippen molar-refractivity contribution in [3.63, 3.8) is 0 Å². The third kappa shape index (κ3) is 4.38. The van der Waals surface area contributed by atoms with Gasteiger partial charge in [0.15, 0.2) is 0 Å². The van der Waals surface area contributed by atoms with Crippen LogP contribution in [-0.2, 0) is 4.79 Å². The molecular weight excluding hydrogens is 287 g/mol. The fourth-order valence-corrected chi connectivity index (χ4v) is 1.73. The van der Waals surface area contributed by atoms with Gasteiger partial charge in [0.1, 0.15) is 11.9 Å². The predicted molar refractivity (Wildman–Crippen MR) is 74.4 cm³/mol. The summed E-state index contributed by atoms with van der Waals surface area (Å²) in [5.74, 6) is -2.07. The lowest BCUT2D eigenvalue weighted by Gasteiger charge is -2.20. The Morgan fingerprint density at radius 2 is 2.10 bits per heavy atom. The molecule has 0 heterocycles. The monoisotopic (exact) mass is 302 g/mol. The summed E-state index contributed by atoms with van der Waals surface area (Å²) < 4.78 is 13.5. The summed E-state index contributed by atoms with van der Waals surface area (Å²) in [7, 11) is 0. The SMILES string of the molecule is CC[C@H](C)[C@H](NC(=O)Nc1ccc(Cl)cc1F)C(=O)O. The number of carboxylic acid groups (broad SMARTS) is 1. The molecule has 0 bridgehead atoms. The Morgan fingerprint density at radius 1 is 1.45 bits per heavy atom. The Labute approximate surface area is 121 Å². The summed E-state index contributed by atoms with van der Waals surface area (Å²) >= 11 is 5.59. The van der Waals surface area contributed by atoms with Crippen molar-refractivity contribution >= 4 is 29.3 Å². The van der Waals surface area contributed by atoms with Crippen molar-refractivity contribution in [3.8, 4) is 0 Å².